The minimum atomic E-state index is -0.801. The number of esters is 3. The summed E-state index contributed by atoms with van der Waals surface area (Å²) in [4.78, 5) is 37.9. The molecule has 0 N–H and O–H groups in total. The zero-order valence-electron chi connectivity index (χ0n) is 40.9. The van der Waals surface area contributed by atoms with E-state index in [0.717, 1.165) is 64.2 Å². The van der Waals surface area contributed by atoms with Crippen molar-refractivity contribution < 1.29 is 28.6 Å². The number of allylic oxidation sites excluding steroid dienone is 10. The Morgan fingerprint density at radius 2 is 0.597 bits per heavy atom. The predicted octanol–water partition coefficient (Wildman–Crippen LogP) is 17.3. The van der Waals surface area contributed by atoms with Gasteiger partial charge in [-0.1, -0.05) is 216 Å². The summed E-state index contributed by atoms with van der Waals surface area (Å²) in [5.41, 5.74) is 0. The first-order valence-electron chi connectivity index (χ1n) is 26.3. The van der Waals surface area contributed by atoms with Crippen LogP contribution in [0.25, 0.3) is 0 Å². The van der Waals surface area contributed by atoms with Crippen molar-refractivity contribution in [1.29, 1.82) is 0 Å². The first-order valence-corrected chi connectivity index (χ1v) is 26.3. The summed E-state index contributed by atoms with van der Waals surface area (Å²) >= 11 is 0. The first-order chi connectivity index (χ1) is 30.5. The summed E-state index contributed by atoms with van der Waals surface area (Å²) < 4.78 is 16.7. The van der Waals surface area contributed by atoms with E-state index in [1.807, 2.05) is 0 Å². The lowest BCUT2D eigenvalue weighted by molar-refractivity contribution is -0.167. The van der Waals surface area contributed by atoms with Crippen LogP contribution in [0, 0.1) is 0 Å². The number of carbonyl (C=O) groups excluding carboxylic acids is 3. The van der Waals surface area contributed by atoms with Crippen molar-refractivity contribution in [1.82, 2.24) is 0 Å². The fraction of sp³-hybridized carbons (Fsp3) is 0.768. The van der Waals surface area contributed by atoms with Gasteiger partial charge in [0.05, 0.1) is 0 Å². The van der Waals surface area contributed by atoms with Crippen LogP contribution in [0.4, 0.5) is 0 Å². The van der Waals surface area contributed by atoms with E-state index >= 15 is 0 Å². The highest BCUT2D eigenvalue weighted by Gasteiger charge is 2.19. The first kappa shape index (κ1) is 59.1. The van der Waals surface area contributed by atoms with Crippen LogP contribution < -0.4 is 0 Å². The second kappa shape index (κ2) is 50.8. The third-order valence-electron chi connectivity index (χ3n) is 11.2. The van der Waals surface area contributed by atoms with E-state index in [9.17, 15) is 14.4 Å². The molecule has 0 aromatic carbocycles. The average molecular weight is 867 g/mol. The zero-order chi connectivity index (χ0) is 45.1. The molecule has 0 radical (unpaired) electrons. The number of hydrogen-bond acceptors (Lipinski definition) is 6. The maximum atomic E-state index is 12.8. The maximum absolute atomic E-state index is 12.8. The fourth-order valence-corrected chi connectivity index (χ4v) is 7.25. The van der Waals surface area contributed by atoms with Gasteiger partial charge < -0.3 is 14.2 Å². The van der Waals surface area contributed by atoms with Crippen LogP contribution in [0.5, 0.6) is 0 Å². The third-order valence-corrected chi connectivity index (χ3v) is 11.2. The Bertz CT molecular complexity index is 1130. The molecule has 0 rings (SSSR count). The van der Waals surface area contributed by atoms with Crippen LogP contribution in [0.1, 0.15) is 258 Å². The zero-order valence-corrected chi connectivity index (χ0v) is 40.9. The van der Waals surface area contributed by atoms with Crippen LogP contribution in [-0.2, 0) is 28.6 Å². The lowest BCUT2D eigenvalue weighted by Gasteiger charge is -2.18. The van der Waals surface area contributed by atoms with E-state index in [0.29, 0.717) is 19.3 Å². The Morgan fingerprint density at radius 3 is 1.02 bits per heavy atom. The second-order valence-electron chi connectivity index (χ2n) is 17.4. The molecule has 0 bridgehead atoms. The summed E-state index contributed by atoms with van der Waals surface area (Å²) in [6.45, 7) is 6.55. The Balaban J connectivity index is 4.46. The monoisotopic (exact) mass is 867 g/mol. The average Bonchev–Trinajstić information content (AvgIpc) is 3.27. The molecule has 0 unspecified atom stereocenters. The molecule has 0 spiro atoms. The topological polar surface area (TPSA) is 78.9 Å². The molecule has 0 heterocycles. The lowest BCUT2D eigenvalue weighted by atomic mass is 10.0. The van der Waals surface area contributed by atoms with Gasteiger partial charge in [-0.05, 0) is 83.5 Å². The summed E-state index contributed by atoms with van der Waals surface area (Å²) in [5.74, 6) is -0.951. The van der Waals surface area contributed by atoms with Crippen molar-refractivity contribution in [2.75, 3.05) is 13.2 Å². The van der Waals surface area contributed by atoms with Gasteiger partial charge in [0.15, 0.2) is 6.10 Å². The van der Waals surface area contributed by atoms with Gasteiger partial charge in [0.1, 0.15) is 13.2 Å². The molecule has 0 aromatic rings. The molecule has 62 heavy (non-hydrogen) atoms. The molecule has 0 amide bonds. The largest absolute Gasteiger partial charge is 0.462 e. The molecule has 0 fully saturated rings. The van der Waals surface area contributed by atoms with E-state index in [1.54, 1.807) is 0 Å². The molecule has 0 aliphatic rings. The molecular weight excluding hydrogens is 769 g/mol. The summed E-state index contributed by atoms with van der Waals surface area (Å²) in [6, 6.07) is 0. The molecule has 0 saturated carbocycles. The highest BCUT2D eigenvalue weighted by Crippen LogP contribution is 2.14. The molecule has 1 atom stereocenters. The molecule has 6 heteroatoms. The highest BCUT2D eigenvalue weighted by atomic mass is 16.6. The highest BCUT2D eigenvalue weighted by molar-refractivity contribution is 5.71. The van der Waals surface area contributed by atoms with Gasteiger partial charge in [0, 0.05) is 19.3 Å². The van der Waals surface area contributed by atoms with Gasteiger partial charge in [-0.3, -0.25) is 14.4 Å². The minimum Gasteiger partial charge on any atom is -0.462 e. The van der Waals surface area contributed by atoms with E-state index in [4.69, 9.17) is 14.2 Å². The normalized spacial score (nSPS) is 12.5. The number of carbonyl (C=O) groups is 3. The maximum Gasteiger partial charge on any atom is 0.306 e. The van der Waals surface area contributed by atoms with Gasteiger partial charge in [-0.25, -0.2) is 0 Å². The lowest BCUT2D eigenvalue weighted by Crippen LogP contribution is -2.30. The SMILES string of the molecule is CCCCC/C=C\C/C=C\C/C=C\C/C=C\CCCC(=O)O[C@H](COC(=O)CCCCCCCCC/C=C\CCCCCC)COC(=O)CCCCCCCCCCCCCC. The van der Waals surface area contributed by atoms with Gasteiger partial charge in [-0.15, -0.1) is 0 Å². The third kappa shape index (κ3) is 48.1. The molecule has 6 nitrogen and oxygen atoms in total. The van der Waals surface area contributed by atoms with E-state index < -0.39 is 6.10 Å². The van der Waals surface area contributed by atoms with Crippen molar-refractivity contribution in [2.45, 2.75) is 264 Å². The molecule has 358 valence electrons. The fourth-order valence-electron chi connectivity index (χ4n) is 7.25. The van der Waals surface area contributed by atoms with Crippen molar-refractivity contribution in [2.24, 2.45) is 0 Å². The van der Waals surface area contributed by atoms with Crippen molar-refractivity contribution in [3.8, 4) is 0 Å². The van der Waals surface area contributed by atoms with Crippen LogP contribution in [-0.4, -0.2) is 37.2 Å². The predicted molar refractivity (Wildman–Crippen MR) is 265 cm³/mol. The standard InChI is InChI=1S/C56H98O6/c1-4-7-10-13-16-19-22-25-27-28-30-32-35-38-41-44-47-50-56(59)62-53(51-60-54(57)48-45-42-39-36-33-24-21-18-15-12-9-6-3)52-61-55(58)49-46-43-40-37-34-31-29-26-23-20-17-14-11-8-5-2/h16,19-20,23,25,27,30,32,38,41,53H,4-15,17-18,21-22,24,26,28-29,31,33-37,39-40,42-52H2,1-3H3/b19-16-,23-20-,27-25-,32-30-,41-38-/t53-/m0/s1. The number of rotatable bonds is 47. The van der Waals surface area contributed by atoms with Crippen LogP contribution in [0.15, 0.2) is 60.8 Å². The van der Waals surface area contributed by atoms with Gasteiger partial charge in [0.2, 0.25) is 0 Å². The molecular formula is C56H98O6. The summed E-state index contributed by atoms with van der Waals surface area (Å²) in [7, 11) is 0. The van der Waals surface area contributed by atoms with Gasteiger partial charge >= 0.3 is 17.9 Å². The smallest absolute Gasteiger partial charge is 0.306 e. The van der Waals surface area contributed by atoms with Crippen molar-refractivity contribution >= 4 is 17.9 Å². The number of unbranched alkanes of at least 4 members (excludes halogenated alkanes) is 26. The summed E-state index contributed by atoms with van der Waals surface area (Å²) in [5, 5.41) is 0. The minimum absolute atomic E-state index is 0.0952. The van der Waals surface area contributed by atoms with Crippen LogP contribution in [0.3, 0.4) is 0 Å². The van der Waals surface area contributed by atoms with Crippen molar-refractivity contribution in [3.05, 3.63) is 60.8 Å². The van der Waals surface area contributed by atoms with Crippen LogP contribution in [0.2, 0.25) is 0 Å². The number of hydrogen-bond donors (Lipinski definition) is 0. The molecule has 0 aliphatic carbocycles. The Labute approximate surface area is 383 Å². The quantitative estimate of drug-likeness (QED) is 0.0262. The Morgan fingerprint density at radius 1 is 0.323 bits per heavy atom. The molecule has 0 aromatic heterocycles. The van der Waals surface area contributed by atoms with Crippen molar-refractivity contribution in [3.63, 3.8) is 0 Å². The van der Waals surface area contributed by atoms with Crippen LogP contribution >= 0.6 is 0 Å². The summed E-state index contributed by atoms with van der Waals surface area (Å²) in [6.07, 6.45) is 62.0. The number of ether oxygens (including phenoxy) is 3. The van der Waals surface area contributed by atoms with Gasteiger partial charge in [-0.2, -0.15) is 0 Å². The Kier molecular flexibility index (Phi) is 48.4. The molecule has 0 saturated heterocycles. The van der Waals surface area contributed by atoms with E-state index in [-0.39, 0.29) is 37.5 Å². The Hall–Kier alpha value is -2.89. The second-order valence-corrected chi connectivity index (χ2v) is 17.4. The van der Waals surface area contributed by atoms with E-state index in [2.05, 4.69) is 81.5 Å². The molecule has 0 aliphatic heterocycles. The van der Waals surface area contributed by atoms with E-state index in [1.165, 1.54) is 148 Å². The van der Waals surface area contributed by atoms with Gasteiger partial charge in [0.25, 0.3) is 0 Å².